The second-order valence-corrected chi connectivity index (χ2v) is 5.50. The molecular weight excluding hydrogens is 297 g/mol. The summed E-state index contributed by atoms with van der Waals surface area (Å²) in [5, 5.41) is 14.6. The van der Waals surface area contributed by atoms with Crippen molar-refractivity contribution in [2.75, 3.05) is 19.7 Å². The molecule has 1 aromatic carbocycles. The minimum absolute atomic E-state index is 0.118. The minimum Gasteiger partial charge on any atom is -0.461 e. The molecule has 6 heteroatoms. The van der Waals surface area contributed by atoms with E-state index >= 15 is 0 Å². The highest BCUT2D eigenvalue weighted by Gasteiger charge is 2.25. The van der Waals surface area contributed by atoms with Crippen molar-refractivity contribution in [1.82, 2.24) is 10.6 Å². The molecule has 1 heterocycles. The fourth-order valence-electron chi connectivity index (χ4n) is 2.54. The summed E-state index contributed by atoms with van der Waals surface area (Å²) in [5.74, 6) is -0.735. The number of esters is 1. The monoisotopic (exact) mass is 319 g/mol. The van der Waals surface area contributed by atoms with Crippen LogP contribution >= 0.6 is 0 Å². The zero-order valence-electron chi connectivity index (χ0n) is 13.4. The van der Waals surface area contributed by atoms with Crippen LogP contribution in [0.1, 0.15) is 19.4 Å². The SMILES string of the molecule is CCOC(=O)C(=N)C1=C(NCc2ccc(F)cc2)C(C)CNC1. The van der Waals surface area contributed by atoms with E-state index in [0.717, 1.165) is 17.8 Å². The second-order valence-electron chi connectivity index (χ2n) is 5.50. The Kier molecular flexibility index (Phi) is 5.87. The van der Waals surface area contributed by atoms with Gasteiger partial charge in [0.2, 0.25) is 0 Å². The number of rotatable bonds is 6. The van der Waals surface area contributed by atoms with Gasteiger partial charge in [-0.1, -0.05) is 19.1 Å². The van der Waals surface area contributed by atoms with Gasteiger partial charge in [-0.3, -0.25) is 5.41 Å². The third-order valence-corrected chi connectivity index (χ3v) is 3.75. The van der Waals surface area contributed by atoms with E-state index in [2.05, 4.69) is 10.6 Å². The number of carbonyl (C=O) groups is 1. The lowest BCUT2D eigenvalue weighted by molar-refractivity contribution is -0.135. The van der Waals surface area contributed by atoms with Crippen molar-refractivity contribution in [3.63, 3.8) is 0 Å². The molecule has 0 aliphatic carbocycles. The lowest BCUT2D eigenvalue weighted by Gasteiger charge is -2.28. The number of carbonyl (C=O) groups excluding carboxylic acids is 1. The highest BCUT2D eigenvalue weighted by atomic mass is 19.1. The number of halogens is 1. The normalized spacial score (nSPS) is 17.8. The smallest absolute Gasteiger partial charge is 0.356 e. The van der Waals surface area contributed by atoms with Gasteiger partial charge in [-0.05, 0) is 24.6 Å². The Labute approximate surface area is 135 Å². The maximum atomic E-state index is 13.0. The van der Waals surface area contributed by atoms with E-state index in [1.165, 1.54) is 12.1 Å². The van der Waals surface area contributed by atoms with Gasteiger partial charge in [0.15, 0.2) is 0 Å². The summed E-state index contributed by atoms with van der Waals surface area (Å²) < 4.78 is 17.9. The van der Waals surface area contributed by atoms with Gasteiger partial charge >= 0.3 is 5.97 Å². The van der Waals surface area contributed by atoms with Gasteiger partial charge in [-0.2, -0.15) is 0 Å². The maximum Gasteiger partial charge on any atom is 0.356 e. The summed E-state index contributed by atoms with van der Waals surface area (Å²) >= 11 is 0. The molecule has 2 rings (SSSR count). The highest BCUT2D eigenvalue weighted by Crippen LogP contribution is 2.18. The molecule has 1 aromatic rings. The van der Waals surface area contributed by atoms with Crippen molar-refractivity contribution in [2.45, 2.75) is 20.4 Å². The van der Waals surface area contributed by atoms with Gasteiger partial charge < -0.3 is 15.4 Å². The average Bonchev–Trinajstić information content (AvgIpc) is 2.54. The highest BCUT2D eigenvalue weighted by molar-refractivity contribution is 6.42. The van der Waals surface area contributed by atoms with E-state index in [9.17, 15) is 9.18 Å². The first-order valence-corrected chi connectivity index (χ1v) is 7.71. The predicted octanol–water partition coefficient (Wildman–Crippen LogP) is 1.99. The number of hydrogen-bond acceptors (Lipinski definition) is 5. The fourth-order valence-corrected chi connectivity index (χ4v) is 2.54. The van der Waals surface area contributed by atoms with Crippen LogP contribution in [0.25, 0.3) is 0 Å². The fraction of sp³-hybridized carbons (Fsp3) is 0.412. The summed E-state index contributed by atoms with van der Waals surface area (Å²) in [5.41, 5.74) is 2.31. The lowest BCUT2D eigenvalue weighted by atomic mass is 9.95. The molecule has 0 aromatic heterocycles. The molecule has 124 valence electrons. The number of benzene rings is 1. The summed E-state index contributed by atoms with van der Waals surface area (Å²) in [6.45, 7) is 5.72. The molecule has 1 atom stereocenters. The van der Waals surface area contributed by atoms with Gasteiger partial charge in [0.1, 0.15) is 11.5 Å². The topological polar surface area (TPSA) is 74.2 Å². The van der Waals surface area contributed by atoms with E-state index in [1.807, 2.05) is 6.92 Å². The predicted molar refractivity (Wildman–Crippen MR) is 86.7 cm³/mol. The number of nitrogens with one attached hydrogen (secondary N) is 3. The van der Waals surface area contributed by atoms with E-state index < -0.39 is 5.97 Å². The Balaban J connectivity index is 2.16. The third-order valence-electron chi connectivity index (χ3n) is 3.75. The first-order chi connectivity index (χ1) is 11.0. The molecule has 23 heavy (non-hydrogen) atoms. The second kappa shape index (κ2) is 7.87. The van der Waals surface area contributed by atoms with Crippen LogP contribution in [0.3, 0.4) is 0 Å². The minimum atomic E-state index is -0.612. The Hall–Kier alpha value is -2.21. The summed E-state index contributed by atoms with van der Waals surface area (Å²) in [4.78, 5) is 11.8. The Morgan fingerprint density at radius 3 is 2.78 bits per heavy atom. The molecule has 3 N–H and O–H groups in total. The molecule has 0 spiro atoms. The van der Waals surface area contributed by atoms with Crippen LogP contribution in [0.15, 0.2) is 35.5 Å². The van der Waals surface area contributed by atoms with Crippen molar-refractivity contribution in [3.8, 4) is 0 Å². The molecule has 1 aliphatic heterocycles. The maximum absolute atomic E-state index is 13.0. The molecule has 0 amide bonds. The van der Waals surface area contributed by atoms with Gasteiger partial charge in [0, 0.05) is 36.8 Å². The van der Waals surface area contributed by atoms with Crippen LogP contribution in [-0.4, -0.2) is 31.4 Å². The van der Waals surface area contributed by atoms with E-state index in [-0.39, 0.29) is 24.1 Å². The standard InChI is InChI=1S/C17H22FN3O2/c1-3-23-17(22)15(19)14-10-20-8-11(2)16(14)21-9-12-4-6-13(18)7-5-12/h4-7,11,19-21H,3,8-10H2,1-2H3. The summed E-state index contributed by atoms with van der Waals surface area (Å²) in [6, 6.07) is 6.26. The van der Waals surface area contributed by atoms with Crippen molar-refractivity contribution in [3.05, 3.63) is 46.9 Å². The van der Waals surface area contributed by atoms with Gasteiger partial charge in [0.25, 0.3) is 0 Å². The van der Waals surface area contributed by atoms with Crippen LogP contribution in [0.4, 0.5) is 4.39 Å². The molecule has 0 saturated heterocycles. The molecule has 0 fully saturated rings. The van der Waals surface area contributed by atoms with Crippen LogP contribution in [0.2, 0.25) is 0 Å². The molecule has 5 nitrogen and oxygen atoms in total. The first-order valence-electron chi connectivity index (χ1n) is 7.71. The van der Waals surface area contributed by atoms with Crippen LogP contribution < -0.4 is 10.6 Å². The molecule has 1 unspecified atom stereocenters. The Morgan fingerprint density at radius 1 is 1.43 bits per heavy atom. The van der Waals surface area contributed by atoms with Crippen molar-refractivity contribution < 1.29 is 13.9 Å². The molecular formula is C17H22FN3O2. The molecule has 1 aliphatic rings. The van der Waals surface area contributed by atoms with Crippen LogP contribution in [-0.2, 0) is 16.1 Å². The van der Waals surface area contributed by atoms with Gasteiger partial charge in [-0.25, -0.2) is 9.18 Å². The van der Waals surface area contributed by atoms with Gasteiger partial charge in [-0.15, -0.1) is 0 Å². The zero-order chi connectivity index (χ0) is 16.8. The molecule has 0 saturated carbocycles. The molecule has 0 radical (unpaired) electrons. The van der Waals surface area contributed by atoms with Crippen molar-refractivity contribution in [1.29, 1.82) is 5.41 Å². The van der Waals surface area contributed by atoms with Crippen LogP contribution in [0, 0.1) is 17.1 Å². The summed E-state index contributed by atoms with van der Waals surface area (Å²) in [6.07, 6.45) is 0. The largest absolute Gasteiger partial charge is 0.461 e. The van der Waals surface area contributed by atoms with Crippen molar-refractivity contribution in [2.24, 2.45) is 5.92 Å². The van der Waals surface area contributed by atoms with Crippen LogP contribution in [0.5, 0.6) is 0 Å². The lowest BCUT2D eigenvalue weighted by Crippen LogP contribution is -2.40. The first kappa shape index (κ1) is 17.1. The van der Waals surface area contributed by atoms with E-state index in [0.29, 0.717) is 18.7 Å². The van der Waals surface area contributed by atoms with E-state index in [4.69, 9.17) is 10.1 Å². The quantitative estimate of drug-likeness (QED) is 0.554. The summed E-state index contributed by atoms with van der Waals surface area (Å²) in [7, 11) is 0. The Bertz CT molecular complexity index is 611. The Morgan fingerprint density at radius 2 is 2.13 bits per heavy atom. The average molecular weight is 319 g/mol. The third kappa shape index (κ3) is 4.39. The number of hydrogen-bond donors (Lipinski definition) is 3. The van der Waals surface area contributed by atoms with Gasteiger partial charge in [0.05, 0.1) is 6.61 Å². The van der Waals surface area contributed by atoms with Crippen molar-refractivity contribution >= 4 is 11.7 Å². The zero-order valence-corrected chi connectivity index (χ0v) is 13.4. The number of ether oxygens (including phenoxy) is 1. The van der Waals surface area contributed by atoms with E-state index in [1.54, 1.807) is 19.1 Å². The molecule has 0 bridgehead atoms.